The predicted molar refractivity (Wildman–Crippen MR) is 65.2 cm³/mol. The van der Waals surface area contributed by atoms with E-state index in [0.29, 0.717) is 0 Å². The van der Waals surface area contributed by atoms with E-state index in [1.165, 1.54) is 30.5 Å². The monoisotopic (exact) mass is 204 g/mol. The minimum absolute atomic E-state index is 0.0691. The molecule has 0 aromatic heterocycles. The van der Waals surface area contributed by atoms with Gasteiger partial charge in [0.05, 0.1) is 0 Å². The molecule has 1 aromatic carbocycles. The first-order valence-corrected chi connectivity index (χ1v) is 5.66. The molecule has 1 fully saturated rings. The van der Waals surface area contributed by atoms with E-state index < -0.39 is 0 Å². The molecule has 0 heterocycles. The van der Waals surface area contributed by atoms with Crippen LogP contribution in [0.5, 0.6) is 0 Å². The van der Waals surface area contributed by atoms with Crippen LogP contribution in [0.3, 0.4) is 0 Å². The summed E-state index contributed by atoms with van der Waals surface area (Å²) in [6.07, 6.45) is 3.63. The van der Waals surface area contributed by atoms with Crippen molar-refractivity contribution in [1.82, 2.24) is 0 Å². The smallest absolute Gasteiger partial charge is 0.0364 e. The lowest BCUT2D eigenvalue weighted by molar-refractivity contribution is 0.255. The SMILES string of the molecule is Cc1ccc(N(C)CC2(N)CCC2)cc1. The zero-order valence-corrected chi connectivity index (χ0v) is 9.66. The van der Waals surface area contributed by atoms with Crippen LogP contribution in [0.1, 0.15) is 24.8 Å². The molecule has 2 N–H and O–H groups in total. The highest BCUT2D eigenvalue weighted by Gasteiger charge is 2.33. The Morgan fingerprint density at radius 2 is 1.87 bits per heavy atom. The number of nitrogens with two attached hydrogens (primary N) is 1. The van der Waals surface area contributed by atoms with Crippen LogP contribution in [0.15, 0.2) is 24.3 Å². The molecule has 1 saturated carbocycles. The standard InChI is InChI=1S/C13H20N2/c1-11-4-6-12(7-5-11)15(2)10-13(14)8-3-9-13/h4-7H,3,8-10,14H2,1-2H3. The van der Waals surface area contributed by atoms with Gasteiger partial charge < -0.3 is 10.6 Å². The minimum atomic E-state index is 0.0691. The fraction of sp³-hybridized carbons (Fsp3) is 0.538. The summed E-state index contributed by atoms with van der Waals surface area (Å²) >= 11 is 0. The van der Waals surface area contributed by atoms with Crippen LogP contribution in [-0.4, -0.2) is 19.1 Å². The highest BCUT2D eigenvalue weighted by atomic mass is 15.1. The molecule has 0 amide bonds. The molecule has 15 heavy (non-hydrogen) atoms. The zero-order valence-electron chi connectivity index (χ0n) is 9.66. The van der Waals surface area contributed by atoms with Gasteiger partial charge in [0.15, 0.2) is 0 Å². The van der Waals surface area contributed by atoms with E-state index in [4.69, 9.17) is 5.73 Å². The highest BCUT2D eigenvalue weighted by Crippen LogP contribution is 2.30. The largest absolute Gasteiger partial charge is 0.373 e. The second-order valence-electron chi connectivity index (χ2n) is 4.91. The van der Waals surface area contributed by atoms with Gasteiger partial charge >= 0.3 is 0 Å². The summed E-state index contributed by atoms with van der Waals surface area (Å²) in [5, 5.41) is 0. The maximum Gasteiger partial charge on any atom is 0.0364 e. The summed E-state index contributed by atoms with van der Waals surface area (Å²) in [7, 11) is 2.12. The number of hydrogen-bond acceptors (Lipinski definition) is 2. The third-order valence-corrected chi connectivity index (χ3v) is 3.38. The maximum absolute atomic E-state index is 6.23. The maximum atomic E-state index is 6.23. The van der Waals surface area contributed by atoms with Crippen LogP contribution in [0.2, 0.25) is 0 Å². The number of benzene rings is 1. The van der Waals surface area contributed by atoms with Gasteiger partial charge in [-0.05, 0) is 38.3 Å². The Bertz CT molecular complexity index is 325. The molecule has 82 valence electrons. The molecule has 0 atom stereocenters. The summed E-state index contributed by atoms with van der Waals surface area (Å²) in [4.78, 5) is 2.26. The zero-order chi connectivity index (χ0) is 10.9. The van der Waals surface area contributed by atoms with E-state index in [9.17, 15) is 0 Å². The van der Waals surface area contributed by atoms with Crippen LogP contribution in [-0.2, 0) is 0 Å². The molecule has 1 aliphatic carbocycles. The predicted octanol–water partition coefficient (Wildman–Crippen LogP) is 2.31. The van der Waals surface area contributed by atoms with Crippen molar-refractivity contribution in [2.75, 3.05) is 18.5 Å². The highest BCUT2D eigenvalue weighted by molar-refractivity contribution is 5.47. The Balaban J connectivity index is 2.01. The van der Waals surface area contributed by atoms with Crippen LogP contribution >= 0.6 is 0 Å². The fourth-order valence-corrected chi connectivity index (χ4v) is 2.15. The molecule has 2 nitrogen and oxygen atoms in total. The van der Waals surface area contributed by atoms with Crippen molar-refractivity contribution in [2.45, 2.75) is 31.7 Å². The summed E-state index contributed by atoms with van der Waals surface area (Å²) < 4.78 is 0. The number of likely N-dealkylation sites (N-methyl/N-ethyl adjacent to an activating group) is 1. The van der Waals surface area contributed by atoms with E-state index in [1.807, 2.05) is 0 Å². The van der Waals surface area contributed by atoms with Gasteiger partial charge in [-0.15, -0.1) is 0 Å². The van der Waals surface area contributed by atoms with Gasteiger partial charge in [-0.3, -0.25) is 0 Å². The second-order valence-corrected chi connectivity index (χ2v) is 4.91. The van der Waals surface area contributed by atoms with Gasteiger partial charge in [-0.25, -0.2) is 0 Å². The molecule has 0 aliphatic heterocycles. The third kappa shape index (κ3) is 2.32. The summed E-state index contributed by atoms with van der Waals surface area (Å²) in [6.45, 7) is 3.08. The summed E-state index contributed by atoms with van der Waals surface area (Å²) in [5.41, 5.74) is 8.86. The lowest BCUT2D eigenvalue weighted by Crippen LogP contribution is -2.54. The number of nitrogens with zero attached hydrogens (tertiary/aromatic N) is 1. The van der Waals surface area contributed by atoms with Gasteiger partial charge in [-0.1, -0.05) is 17.7 Å². The molecular weight excluding hydrogens is 184 g/mol. The number of rotatable bonds is 3. The number of hydrogen-bond donors (Lipinski definition) is 1. The number of anilines is 1. The van der Waals surface area contributed by atoms with Crippen molar-refractivity contribution < 1.29 is 0 Å². The summed E-state index contributed by atoms with van der Waals surface area (Å²) in [5.74, 6) is 0. The Morgan fingerprint density at radius 1 is 1.27 bits per heavy atom. The Hall–Kier alpha value is -1.02. The van der Waals surface area contributed by atoms with Crippen molar-refractivity contribution in [3.8, 4) is 0 Å². The Kier molecular flexibility index (Phi) is 2.70. The quantitative estimate of drug-likeness (QED) is 0.818. The first-order chi connectivity index (χ1) is 7.09. The molecule has 0 spiro atoms. The third-order valence-electron chi connectivity index (χ3n) is 3.38. The van der Waals surface area contributed by atoms with Gasteiger partial charge in [-0.2, -0.15) is 0 Å². The minimum Gasteiger partial charge on any atom is -0.373 e. The lowest BCUT2D eigenvalue weighted by atomic mass is 9.77. The lowest BCUT2D eigenvalue weighted by Gasteiger charge is -2.41. The van der Waals surface area contributed by atoms with Gasteiger partial charge in [0.25, 0.3) is 0 Å². The average molecular weight is 204 g/mol. The normalized spacial score (nSPS) is 18.3. The average Bonchev–Trinajstić information content (AvgIpc) is 2.16. The molecule has 1 aliphatic rings. The van der Waals surface area contributed by atoms with Gasteiger partial charge in [0, 0.05) is 24.8 Å². The van der Waals surface area contributed by atoms with Crippen molar-refractivity contribution in [1.29, 1.82) is 0 Å². The topological polar surface area (TPSA) is 29.3 Å². The Labute approximate surface area is 92.1 Å². The number of aryl methyl sites for hydroxylation is 1. The molecule has 0 radical (unpaired) electrons. The second kappa shape index (κ2) is 3.86. The van der Waals surface area contributed by atoms with Crippen molar-refractivity contribution in [3.05, 3.63) is 29.8 Å². The molecule has 0 bridgehead atoms. The van der Waals surface area contributed by atoms with E-state index in [1.54, 1.807) is 0 Å². The van der Waals surface area contributed by atoms with E-state index in [-0.39, 0.29) is 5.54 Å². The molecule has 2 rings (SSSR count). The van der Waals surface area contributed by atoms with Crippen LogP contribution in [0, 0.1) is 6.92 Å². The molecule has 0 unspecified atom stereocenters. The van der Waals surface area contributed by atoms with Gasteiger partial charge in [0.1, 0.15) is 0 Å². The van der Waals surface area contributed by atoms with E-state index in [2.05, 4.69) is 43.1 Å². The van der Waals surface area contributed by atoms with Crippen molar-refractivity contribution >= 4 is 5.69 Å². The van der Waals surface area contributed by atoms with Crippen LogP contribution in [0.25, 0.3) is 0 Å². The molecule has 2 heteroatoms. The first kappa shape index (κ1) is 10.5. The fourth-order valence-electron chi connectivity index (χ4n) is 2.15. The van der Waals surface area contributed by atoms with Crippen LogP contribution in [0.4, 0.5) is 5.69 Å². The van der Waals surface area contributed by atoms with E-state index >= 15 is 0 Å². The molecular formula is C13H20N2. The van der Waals surface area contributed by atoms with Gasteiger partial charge in [0.2, 0.25) is 0 Å². The van der Waals surface area contributed by atoms with Crippen LogP contribution < -0.4 is 10.6 Å². The van der Waals surface area contributed by atoms with Crippen molar-refractivity contribution in [2.24, 2.45) is 5.73 Å². The molecule has 1 aromatic rings. The first-order valence-electron chi connectivity index (χ1n) is 5.66. The van der Waals surface area contributed by atoms with E-state index in [0.717, 1.165) is 6.54 Å². The molecule has 0 saturated heterocycles. The van der Waals surface area contributed by atoms with Crippen molar-refractivity contribution in [3.63, 3.8) is 0 Å². The summed E-state index contributed by atoms with van der Waals surface area (Å²) in [6, 6.07) is 8.63. The Morgan fingerprint density at radius 3 is 2.33 bits per heavy atom.